The zero-order valence-electron chi connectivity index (χ0n) is 7.37. The van der Waals surface area contributed by atoms with Gasteiger partial charge < -0.3 is 4.42 Å². The second-order valence-electron chi connectivity index (χ2n) is 2.96. The largest absolute Gasteiger partial charge is 0.464 e. The number of rotatable bonds is 1. The summed E-state index contributed by atoms with van der Waals surface area (Å²) in [6.07, 6.45) is 0.342. The molecule has 0 amide bonds. The fourth-order valence-corrected chi connectivity index (χ4v) is 1.53. The highest BCUT2D eigenvalue weighted by atomic mass is 16.3. The van der Waals surface area contributed by atoms with E-state index in [9.17, 15) is 0 Å². The number of hydrogen-bond acceptors (Lipinski definition) is 2. The van der Waals surface area contributed by atoms with Gasteiger partial charge in [-0.05, 0) is 6.92 Å². The normalized spacial score (nSPS) is 10.2. The monoisotopic (exact) mass is 171 g/mol. The van der Waals surface area contributed by atoms with Gasteiger partial charge in [0, 0.05) is 10.8 Å². The summed E-state index contributed by atoms with van der Waals surface area (Å²) >= 11 is 0. The summed E-state index contributed by atoms with van der Waals surface area (Å²) in [4.78, 5) is 0. The van der Waals surface area contributed by atoms with E-state index in [0.717, 1.165) is 22.3 Å². The molecule has 2 rings (SSSR count). The van der Waals surface area contributed by atoms with Gasteiger partial charge in [0.1, 0.15) is 11.5 Å². The van der Waals surface area contributed by atoms with Gasteiger partial charge in [0.15, 0.2) is 0 Å². The zero-order valence-corrected chi connectivity index (χ0v) is 7.37. The van der Waals surface area contributed by atoms with E-state index in [1.807, 2.05) is 31.2 Å². The average Bonchev–Trinajstić information content (AvgIpc) is 2.46. The van der Waals surface area contributed by atoms with E-state index in [-0.39, 0.29) is 0 Å². The molecule has 64 valence electrons. The number of aryl methyl sites for hydroxylation is 1. The first-order valence-corrected chi connectivity index (χ1v) is 4.17. The Balaban J connectivity index is 2.72. The average molecular weight is 171 g/mol. The van der Waals surface area contributed by atoms with Crippen LogP contribution in [0.2, 0.25) is 0 Å². The van der Waals surface area contributed by atoms with E-state index in [4.69, 9.17) is 9.68 Å². The fourth-order valence-electron chi connectivity index (χ4n) is 1.53. The number of benzene rings is 1. The Morgan fingerprint density at radius 2 is 2.00 bits per heavy atom. The minimum absolute atomic E-state index is 0.342. The van der Waals surface area contributed by atoms with E-state index in [1.165, 1.54) is 0 Å². The molecular weight excluding hydrogens is 162 g/mol. The Labute approximate surface area is 76.4 Å². The molecule has 1 heterocycles. The molecule has 1 aromatic heterocycles. The number of furan rings is 1. The molecule has 0 atom stereocenters. The molecule has 13 heavy (non-hydrogen) atoms. The van der Waals surface area contributed by atoms with E-state index in [1.54, 1.807) is 0 Å². The van der Waals surface area contributed by atoms with Crippen LogP contribution < -0.4 is 0 Å². The van der Waals surface area contributed by atoms with Crippen molar-refractivity contribution in [3.8, 4) is 6.07 Å². The molecule has 0 unspecified atom stereocenters. The van der Waals surface area contributed by atoms with Crippen LogP contribution >= 0.6 is 0 Å². The smallest absolute Gasteiger partial charge is 0.126 e. The van der Waals surface area contributed by atoms with Crippen molar-refractivity contribution in [2.45, 2.75) is 13.3 Å². The molecule has 0 saturated heterocycles. The lowest BCUT2D eigenvalue weighted by Gasteiger charge is -1.87. The van der Waals surface area contributed by atoms with Crippen LogP contribution in [0, 0.1) is 18.3 Å². The van der Waals surface area contributed by atoms with Crippen LogP contribution in [0.3, 0.4) is 0 Å². The van der Waals surface area contributed by atoms with Gasteiger partial charge in [-0.25, -0.2) is 0 Å². The van der Waals surface area contributed by atoms with E-state index < -0.39 is 0 Å². The minimum atomic E-state index is 0.342. The Hall–Kier alpha value is -1.75. The summed E-state index contributed by atoms with van der Waals surface area (Å²) in [5.41, 5.74) is 0. The SMILES string of the molecule is Cc1oc(CC#N)c2ccccc12. The third-order valence-electron chi connectivity index (χ3n) is 2.12. The molecule has 1 aromatic carbocycles. The van der Waals surface area contributed by atoms with Crippen molar-refractivity contribution in [1.82, 2.24) is 0 Å². The highest BCUT2D eigenvalue weighted by molar-refractivity contribution is 5.86. The Morgan fingerprint density at radius 3 is 2.69 bits per heavy atom. The predicted molar refractivity (Wildman–Crippen MR) is 50.3 cm³/mol. The number of nitrogens with zero attached hydrogens (tertiary/aromatic N) is 1. The van der Waals surface area contributed by atoms with Crippen molar-refractivity contribution in [1.29, 1.82) is 5.26 Å². The summed E-state index contributed by atoms with van der Waals surface area (Å²) < 4.78 is 5.48. The lowest BCUT2D eigenvalue weighted by atomic mass is 10.1. The maximum Gasteiger partial charge on any atom is 0.126 e. The van der Waals surface area contributed by atoms with Gasteiger partial charge in [-0.1, -0.05) is 24.3 Å². The maximum absolute atomic E-state index is 8.58. The van der Waals surface area contributed by atoms with Gasteiger partial charge in [-0.3, -0.25) is 0 Å². The quantitative estimate of drug-likeness (QED) is 0.661. The van der Waals surface area contributed by atoms with E-state index >= 15 is 0 Å². The van der Waals surface area contributed by atoms with E-state index in [0.29, 0.717) is 6.42 Å². The molecule has 0 saturated carbocycles. The first-order chi connectivity index (χ1) is 6.33. The standard InChI is InChI=1S/C11H9NO/c1-8-9-4-2-3-5-10(9)11(13-8)6-7-12/h2-5H,6H2,1H3. The molecule has 0 fully saturated rings. The van der Waals surface area contributed by atoms with Crippen LogP contribution in [0.15, 0.2) is 28.7 Å². The van der Waals surface area contributed by atoms with Crippen LogP contribution in [-0.4, -0.2) is 0 Å². The third-order valence-corrected chi connectivity index (χ3v) is 2.12. The van der Waals surface area contributed by atoms with Crippen molar-refractivity contribution >= 4 is 10.8 Å². The zero-order chi connectivity index (χ0) is 9.26. The number of fused-ring (bicyclic) bond motifs is 1. The van der Waals surface area contributed by atoms with Crippen LogP contribution in [0.1, 0.15) is 11.5 Å². The minimum Gasteiger partial charge on any atom is -0.464 e. The highest BCUT2D eigenvalue weighted by Gasteiger charge is 2.07. The number of hydrogen-bond donors (Lipinski definition) is 0. The Kier molecular flexibility index (Phi) is 1.79. The van der Waals surface area contributed by atoms with E-state index in [2.05, 4.69) is 6.07 Å². The van der Waals surface area contributed by atoms with Crippen molar-refractivity contribution in [2.75, 3.05) is 0 Å². The molecular formula is C11H9NO. The highest BCUT2D eigenvalue weighted by Crippen LogP contribution is 2.25. The van der Waals surface area contributed by atoms with Crippen LogP contribution in [-0.2, 0) is 6.42 Å². The van der Waals surface area contributed by atoms with Crippen LogP contribution in [0.25, 0.3) is 10.8 Å². The van der Waals surface area contributed by atoms with Gasteiger partial charge >= 0.3 is 0 Å². The summed E-state index contributed by atoms with van der Waals surface area (Å²) in [5, 5.41) is 10.7. The number of nitriles is 1. The second kappa shape index (κ2) is 2.95. The van der Waals surface area contributed by atoms with Crippen molar-refractivity contribution in [3.63, 3.8) is 0 Å². The molecule has 2 nitrogen and oxygen atoms in total. The second-order valence-corrected chi connectivity index (χ2v) is 2.96. The molecule has 0 aliphatic rings. The summed E-state index contributed by atoms with van der Waals surface area (Å²) in [6.45, 7) is 1.92. The first-order valence-electron chi connectivity index (χ1n) is 4.17. The Bertz CT molecular complexity index is 476. The Morgan fingerprint density at radius 1 is 1.31 bits per heavy atom. The summed E-state index contributed by atoms with van der Waals surface area (Å²) in [6, 6.07) is 10.0. The molecule has 0 spiro atoms. The summed E-state index contributed by atoms with van der Waals surface area (Å²) in [5.74, 6) is 1.66. The van der Waals surface area contributed by atoms with Gasteiger partial charge in [0.2, 0.25) is 0 Å². The molecule has 0 bridgehead atoms. The van der Waals surface area contributed by atoms with Crippen LogP contribution in [0.5, 0.6) is 0 Å². The molecule has 0 radical (unpaired) electrons. The predicted octanol–water partition coefficient (Wildman–Crippen LogP) is 2.81. The molecule has 0 aliphatic carbocycles. The van der Waals surface area contributed by atoms with Gasteiger partial charge in [0.25, 0.3) is 0 Å². The fraction of sp³-hybridized carbons (Fsp3) is 0.182. The van der Waals surface area contributed by atoms with Crippen molar-refractivity contribution in [3.05, 3.63) is 35.8 Å². The van der Waals surface area contributed by atoms with Gasteiger partial charge in [-0.15, -0.1) is 0 Å². The van der Waals surface area contributed by atoms with Crippen molar-refractivity contribution < 1.29 is 4.42 Å². The molecule has 0 N–H and O–H groups in total. The topological polar surface area (TPSA) is 36.9 Å². The first kappa shape index (κ1) is 7.88. The lowest BCUT2D eigenvalue weighted by molar-refractivity contribution is 0.501. The van der Waals surface area contributed by atoms with Gasteiger partial charge in [0.05, 0.1) is 12.5 Å². The third kappa shape index (κ3) is 1.19. The van der Waals surface area contributed by atoms with Crippen LogP contribution in [0.4, 0.5) is 0 Å². The molecule has 2 heteroatoms. The molecule has 2 aromatic rings. The maximum atomic E-state index is 8.58. The lowest BCUT2D eigenvalue weighted by Crippen LogP contribution is -1.75. The molecule has 0 aliphatic heterocycles. The van der Waals surface area contributed by atoms with Gasteiger partial charge in [-0.2, -0.15) is 5.26 Å². The van der Waals surface area contributed by atoms with Crippen molar-refractivity contribution in [2.24, 2.45) is 0 Å². The summed E-state index contributed by atoms with van der Waals surface area (Å²) in [7, 11) is 0.